The van der Waals surface area contributed by atoms with Gasteiger partial charge in [-0.2, -0.15) is 0 Å². The van der Waals surface area contributed by atoms with E-state index in [9.17, 15) is 5.11 Å². The van der Waals surface area contributed by atoms with Gasteiger partial charge in [0.05, 0.1) is 25.4 Å². The summed E-state index contributed by atoms with van der Waals surface area (Å²) < 4.78 is 16.5. The number of aliphatic hydroxyl groups is 2. The lowest BCUT2D eigenvalue weighted by Crippen LogP contribution is -2.20. The van der Waals surface area contributed by atoms with Crippen LogP contribution < -0.4 is 9.47 Å². The van der Waals surface area contributed by atoms with E-state index < -0.39 is 6.10 Å². The van der Waals surface area contributed by atoms with E-state index in [2.05, 4.69) is 26.0 Å². The molecule has 2 rings (SSSR count). The monoisotopic (exact) mass is 434 g/mol. The number of hydrogen-bond donors (Lipinski definition) is 2. The minimum absolute atomic E-state index is 0.0117. The Morgan fingerprint density at radius 1 is 0.900 bits per heavy atom. The summed E-state index contributed by atoms with van der Waals surface area (Å²) in [4.78, 5) is 0. The fourth-order valence-corrected chi connectivity index (χ4v) is 3.13. The Labute approximate surface area is 183 Å². The van der Waals surface area contributed by atoms with Gasteiger partial charge in [-0.15, -0.1) is 11.6 Å². The van der Waals surface area contributed by atoms with Crippen LogP contribution in [0.25, 0.3) is 0 Å². The summed E-state index contributed by atoms with van der Waals surface area (Å²) in [6, 6.07) is 15.9. The largest absolute Gasteiger partial charge is 0.516 e. The molecule has 0 heterocycles. The molecule has 0 spiro atoms. The van der Waals surface area contributed by atoms with Crippen LogP contribution in [0.1, 0.15) is 25.0 Å². The quantitative estimate of drug-likeness (QED) is 0.374. The van der Waals surface area contributed by atoms with Crippen LogP contribution in [0.15, 0.2) is 60.9 Å². The maximum atomic E-state index is 9.51. The summed E-state index contributed by atoms with van der Waals surface area (Å²) in [5.41, 5.74) is 2.10. The third-order valence-corrected chi connectivity index (χ3v) is 5.33. The van der Waals surface area contributed by atoms with Crippen molar-refractivity contribution in [1.82, 2.24) is 0 Å². The van der Waals surface area contributed by atoms with Crippen LogP contribution in [0.4, 0.5) is 0 Å². The minimum atomic E-state index is -0.673. The fraction of sp³-hybridized carbons (Fsp3) is 0.417. The zero-order valence-electron chi connectivity index (χ0n) is 17.8. The molecule has 0 fully saturated rings. The highest BCUT2D eigenvalue weighted by Gasteiger charge is 2.23. The standard InChI is InChI=1S/C24H31ClO5/c1-24(2,20-6-10-23(11-7-20)30-17-21(27)14-25)19-4-8-22(9-5-19)29-16-18(12-13-26)15-28-3/h4-13,18,21,26-27H,14-17H2,1-3H3/b13-12+. The van der Waals surface area contributed by atoms with Crippen molar-refractivity contribution in [3.63, 3.8) is 0 Å². The van der Waals surface area contributed by atoms with Gasteiger partial charge in [-0.05, 0) is 41.5 Å². The molecule has 30 heavy (non-hydrogen) atoms. The number of hydrogen-bond acceptors (Lipinski definition) is 5. The highest BCUT2D eigenvalue weighted by Crippen LogP contribution is 2.33. The first-order chi connectivity index (χ1) is 14.4. The highest BCUT2D eigenvalue weighted by molar-refractivity contribution is 6.18. The first-order valence-electron chi connectivity index (χ1n) is 9.91. The SMILES string of the molecule is COCC(/C=C/O)COc1ccc(C(C)(C)c2ccc(OCC(O)CCl)cc2)cc1. The lowest BCUT2D eigenvalue weighted by molar-refractivity contribution is 0.125. The Hall–Kier alpha value is -2.21. The molecule has 2 N–H and O–H groups in total. The van der Waals surface area contributed by atoms with E-state index in [1.807, 2.05) is 36.4 Å². The molecule has 164 valence electrons. The topological polar surface area (TPSA) is 68.2 Å². The van der Waals surface area contributed by atoms with E-state index in [1.54, 1.807) is 13.2 Å². The Morgan fingerprint density at radius 2 is 1.40 bits per heavy atom. The van der Waals surface area contributed by atoms with Crippen LogP contribution >= 0.6 is 11.6 Å². The average Bonchev–Trinajstić information content (AvgIpc) is 2.76. The smallest absolute Gasteiger partial charge is 0.119 e. The van der Waals surface area contributed by atoms with Gasteiger partial charge >= 0.3 is 0 Å². The van der Waals surface area contributed by atoms with Crippen molar-refractivity contribution in [3.05, 3.63) is 72.0 Å². The summed E-state index contributed by atoms with van der Waals surface area (Å²) in [5, 5.41) is 18.5. The molecule has 0 aliphatic rings. The molecule has 0 saturated carbocycles. The molecule has 0 saturated heterocycles. The summed E-state index contributed by atoms with van der Waals surface area (Å²) in [7, 11) is 1.62. The van der Waals surface area contributed by atoms with Gasteiger partial charge in [0, 0.05) is 18.4 Å². The van der Waals surface area contributed by atoms with Gasteiger partial charge in [0.2, 0.25) is 0 Å². The molecule has 0 aliphatic heterocycles. The Morgan fingerprint density at radius 3 is 1.83 bits per heavy atom. The Balaban J connectivity index is 2.02. The lowest BCUT2D eigenvalue weighted by atomic mass is 9.78. The molecule has 2 aromatic carbocycles. The second kappa shape index (κ2) is 11.8. The predicted molar refractivity (Wildman–Crippen MR) is 120 cm³/mol. The Kier molecular flexibility index (Phi) is 9.50. The zero-order chi connectivity index (χ0) is 22.0. The number of alkyl halides is 1. The van der Waals surface area contributed by atoms with Crippen molar-refractivity contribution >= 4 is 11.6 Å². The van der Waals surface area contributed by atoms with Gasteiger partial charge < -0.3 is 24.4 Å². The van der Waals surface area contributed by atoms with Gasteiger partial charge in [-0.1, -0.05) is 38.1 Å². The number of rotatable bonds is 12. The minimum Gasteiger partial charge on any atom is -0.516 e. The maximum absolute atomic E-state index is 9.51. The molecule has 0 bridgehead atoms. The van der Waals surface area contributed by atoms with E-state index >= 15 is 0 Å². The van der Waals surface area contributed by atoms with E-state index in [0.717, 1.165) is 23.1 Å². The third-order valence-electron chi connectivity index (χ3n) is 4.98. The third kappa shape index (κ3) is 6.94. The second-order valence-corrected chi connectivity index (χ2v) is 7.97. The van der Waals surface area contributed by atoms with Crippen molar-refractivity contribution < 1.29 is 24.4 Å². The normalized spacial score (nSPS) is 13.9. The van der Waals surface area contributed by atoms with Crippen molar-refractivity contribution in [1.29, 1.82) is 0 Å². The molecule has 2 atom stereocenters. The molecule has 2 unspecified atom stereocenters. The van der Waals surface area contributed by atoms with Crippen molar-refractivity contribution in [3.8, 4) is 11.5 Å². The van der Waals surface area contributed by atoms with E-state index in [4.69, 9.17) is 30.9 Å². The molecule has 2 aromatic rings. The second-order valence-electron chi connectivity index (χ2n) is 7.66. The summed E-state index contributed by atoms with van der Waals surface area (Å²) in [5.74, 6) is 1.60. The molecular weight excluding hydrogens is 404 g/mol. The predicted octanol–water partition coefficient (Wildman–Crippen LogP) is 4.70. The number of aliphatic hydroxyl groups excluding tert-OH is 2. The van der Waals surface area contributed by atoms with Crippen molar-refractivity contribution in [2.75, 3.05) is 32.8 Å². The molecule has 0 aliphatic carbocycles. The number of methoxy groups -OCH3 is 1. The fourth-order valence-electron chi connectivity index (χ4n) is 3.04. The van der Waals surface area contributed by atoms with Crippen LogP contribution in [-0.4, -0.2) is 49.1 Å². The first-order valence-corrected chi connectivity index (χ1v) is 10.4. The van der Waals surface area contributed by atoms with E-state index in [-0.39, 0.29) is 23.8 Å². The summed E-state index contributed by atoms with van der Waals surface area (Å²) >= 11 is 5.59. The van der Waals surface area contributed by atoms with E-state index in [0.29, 0.717) is 19.0 Å². The number of benzene rings is 2. The molecule has 5 nitrogen and oxygen atoms in total. The molecule has 0 amide bonds. The first kappa shape index (κ1) is 24.1. The Bertz CT molecular complexity index is 771. The number of halogens is 1. The number of ether oxygens (including phenoxy) is 3. The van der Waals surface area contributed by atoms with Gasteiger partial charge in [0.25, 0.3) is 0 Å². The van der Waals surface area contributed by atoms with Gasteiger partial charge in [-0.3, -0.25) is 0 Å². The van der Waals surface area contributed by atoms with Crippen molar-refractivity contribution in [2.45, 2.75) is 25.4 Å². The van der Waals surface area contributed by atoms with Gasteiger partial charge in [-0.25, -0.2) is 0 Å². The molecular formula is C24H31ClO5. The maximum Gasteiger partial charge on any atom is 0.119 e. The summed E-state index contributed by atoms with van der Waals surface area (Å²) in [6.45, 7) is 5.40. The molecule has 0 radical (unpaired) electrons. The zero-order valence-corrected chi connectivity index (χ0v) is 18.5. The summed E-state index contributed by atoms with van der Waals surface area (Å²) in [6.07, 6.45) is 2.01. The highest BCUT2D eigenvalue weighted by atomic mass is 35.5. The van der Waals surface area contributed by atoms with E-state index in [1.165, 1.54) is 0 Å². The van der Waals surface area contributed by atoms with Crippen molar-refractivity contribution in [2.24, 2.45) is 5.92 Å². The molecule has 0 aromatic heterocycles. The van der Waals surface area contributed by atoms with Gasteiger partial charge in [0.1, 0.15) is 24.2 Å². The van der Waals surface area contributed by atoms with Crippen LogP contribution in [-0.2, 0) is 10.2 Å². The average molecular weight is 435 g/mol. The van der Waals surface area contributed by atoms with Crippen LogP contribution in [0, 0.1) is 5.92 Å². The van der Waals surface area contributed by atoms with Crippen LogP contribution in [0.5, 0.6) is 11.5 Å². The van der Waals surface area contributed by atoms with Crippen LogP contribution in [0.2, 0.25) is 0 Å². The molecule has 6 heteroatoms. The van der Waals surface area contributed by atoms with Crippen LogP contribution in [0.3, 0.4) is 0 Å². The van der Waals surface area contributed by atoms with Gasteiger partial charge in [0.15, 0.2) is 0 Å². The lowest BCUT2D eigenvalue weighted by Gasteiger charge is -2.26.